The number of carbonyl (C=O) groups is 1. The van der Waals surface area contributed by atoms with Crippen LogP contribution in [-0.4, -0.2) is 27.1 Å². The fraction of sp³-hybridized carbons (Fsp3) is 0.316. The van der Waals surface area contributed by atoms with Gasteiger partial charge in [0.15, 0.2) is 0 Å². The summed E-state index contributed by atoms with van der Waals surface area (Å²) in [6.45, 7) is 5.61. The Labute approximate surface area is 160 Å². The second-order valence-corrected chi connectivity index (χ2v) is 8.72. The van der Waals surface area contributed by atoms with Gasteiger partial charge in [-0.15, -0.1) is 0 Å². The average Bonchev–Trinajstić information content (AvgIpc) is 2.55. The molecule has 0 fully saturated rings. The molecule has 0 aliphatic carbocycles. The van der Waals surface area contributed by atoms with E-state index in [1.54, 1.807) is 24.3 Å². The summed E-state index contributed by atoms with van der Waals surface area (Å²) in [7, 11) is -3.61. The van der Waals surface area contributed by atoms with Crippen molar-refractivity contribution in [1.82, 2.24) is 5.32 Å². The lowest BCUT2D eigenvalue weighted by molar-refractivity contribution is -0.120. The molecule has 2 rings (SSSR count). The van der Waals surface area contributed by atoms with Crippen molar-refractivity contribution in [1.29, 1.82) is 0 Å². The van der Waals surface area contributed by atoms with Gasteiger partial charge in [0.05, 0.1) is 18.0 Å². The molecule has 2 aromatic carbocycles. The summed E-state index contributed by atoms with van der Waals surface area (Å²) < 4.78 is 25.3. The molecule has 0 saturated heterocycles. The first kappa shape index (κ1) is 20.3. The van der Waals surface area contributed by atoms with Gasteiger partial charge in [0.1, 0.15) is 6.54 Å². The van der Waals surface area contributed by atoms with Crippen molar-refractivity contribution in [2.45, 2.75) is 26.8 Å². The highest BCUT2D eigenvalue weighted by Gasteiger charge is 2.22. The Hall–Kier alpha value is -2.05. The van der Waals surface area contributed by atoms with Gasteiger partial charge in [-0.1, -0.05) is 29.8 Å². The van der Waals surface area contributed by atoms with Gasteiger partial charge < -0.3 is 5.32 Å². The van der Waals surface area contributed by atoms with Crippen LogP contribution < -0.4 is 9.62 Å². The van der Waals surface area contributed by atoms with Crippen molar-refractivity contribution in [2.24, 2.45) is 0 Å². The van der Waals surface area contributed by atoms with Crippen molar-refractivity contribution >= 4 is 33.2 Å². The fourth-order valence-electron chi connectivity index (χ4n) is 2.54. The number of hydrogen-bond acceptors (Lipinski definition) is 3. The molecule has 140 valence electrons. The first-order chi connectivity index (χ1) is 12.1. The van der Waals surface area contributed by atoms with E-state index in [1.807, 2.05) is 39.0 Å². The van der Waals surface area contributed by atoms with E-state index in [1.165, 1.54) is 5.56 Å². The number of anilines is 1. The van der Waals surface area contributed by atoms with Crippen LogP contribution in [0.1, 0.15) is 29.7 Å². The van der Waals surface area contributed by atoms with Crippen LogP contribution >= 0.6 is 11.6 Å². The first-order valence-electron chi connectivity index (χ1n) is 8.17. The topological polar surface area (TPSA) is 66.5 Å². The summed E-state index contributed by atoms with van der Waals surface area (Å²) in [5.74, 6) is -0.379. The Morgan fingerprint density at radius 2 is 1.73 bits per heavy atom. The molecular weight excluding hydrogens is 372 g/mol. The van der Waals surface area contributed by atoms with Crippen LogP contribution in [0.5, 0.6) is 0 Å². The Kier molecular flexibility index (Phi) is 6.31. The largest absolute Gasteiger partial charge is 0.348 e. The summed E-state index contributed by atoms with van der Waals surface area (Å²) in [6, 6.07) is 12.1. The Bertz CT molecular complexity index is 896. The lowest BCUT2D eigenvalue weighted by Gasteiger charge is -2.23. The van der Waals surface area contributed by atoms with Gasteiger partial charge in [0.2, 0.25) is 15.9 Å². The van der Waals surface area contributed by atoms with Crippen LogP contribution in [0.25, 0.3) is 0 Å². The van der Waals surface area contributed by atoms with E-state index in [0.29, 0.717) is 10.7 Å². The molecule has 0 spiro atoms. The summed E-state index contributed by atoms with van der Waals surface area (Å²) in [5, 5.41) is 3.35. The predicted octanol–water partition coefficient (Wildman–Crippen LogP) is 3.60. The van der Waals surface area contributed by atoms with Crippen LogP contribution in [0, 0.1) is 13.8 Å². The molecule has 0 saturated carbocycles. The van der Waals surface area contributed by atoms with Crippen molar-refractivity contribution in [3.63, 3.8) is 0 Å². The molecule has 1 atom stereocenters. The van der Waals surface area contributed by atoms with Gasteiger partial charge in [0.25, 0.3) is 0 Å². The maximum atomic E-state index is 12.4. The highest BCUT2D eigenvalue weighted by molar-refractivity contribution is 7.92. The maximum absolute atomic E-state index is 12.4. The minimum Gasteiger partial charge on any atom is -0.348 e. The molecule has 0 bridgehead atoms. The van der Waals surface area contributed by atoms with Gasteiger partial charge in [-0.25, -0.2) is 8.42 Å². The summed E-state index contributed by atoms with van der Waals surface area (Å²) >= 11 is 5.85. The van der Waals surface area contributed by atoms with E-state index >= 15 is 0 Å². The molecule has 5 nitrogen and oxygen atoms in total. The van der Waals surface area contributed by atoms with Crippen LogP contribution in [0.15, 0.2) is 42.5 Å². The molecule has 1 amide bonds. The molecule has 0 aliphatic heterocycles. The SMILES string of the molecule is Cc1ccc([C@@H](C)NC(=O)CN(c2ccc(Cl)cc2)S(C)(=O)=O)cc1C. The Morgan fingerprint density at radius 1 is 1.12 bits per heavy atom. The lowest BCUT2D eigenvalue weighted by atomic mass is 10.0. The highest BCUT2D eigenvalue weighted by atomic mass is 35.5. The number of rotatable bonds is 6. The minimum atomic E-state index is -3.61. The first-order valence-corrected chi connectivity index (χ1v) is 10.4. The standard InChI is InChI=1S/C19H23ClN2O3S/c1-13-5-6-16(11-14(13)2)15(3)21-19(23)12-22(26(4,24)25)18-9-7-17(20)8-10-18/h5-11,15H,12H2,1-4H3,(H,21,23)/t15-/m1/s1. The second-order valence-electron chi connectivity index (χ2n) is 6.38. The quantitative estimate of drug-likeness (QED) is 0.813. The van der Waals surface area contributed by atoms with Crippen molar-refractivity contribution < 1.29 is 13.2 Å². The van der Waals surface area contributed by atoms with Crippen molar-refractivity contribution in [3.05, 3.63) is 64.2 Å². The number of hydrogen-bond donors (Lipinski definition) is 1. The third kappa shape index (κ3) is 5.22. The maximum Gasteiger partial charge on any atom is 0.241 e. The second kappa shape index (κ2) is 8.10. The summed E-state index contributed by atoms with van der Waals surface area (Å²) in [4.78, 5) is 12.4. The van der Waals surface area contributed by atoms with Crippen LogP contribution in [0.2, 0.25) is 5.02 Å². The molecule has 2 aromatic rings. The summed E-state index contributed by atoms with van der Waals surface area (Å²) in [5.41, 5.74) is 3.69. The molecule has 0 aromatic heterocycles. The fourth-order valence-corrected chi connectivity index (χ4v) is 3.52. The number of halogens is 1. The lowest BCUT2D eigenvalue weighted by Crippen LogP contribution is -2.41. The molecule has 0 heterocycles. The van der Waals surface area contributed by atoms with Crippen LogP contribution in [0.4, 0.5) is 5.69 Å². The van der Waals surface area contributed by atoms with Gasteiger partial charge in [0, 0.05) is 5.02 Å². The third-order valence-electron chi connectivity index (χ3n) is 4.21. The zero-order chi connectivity index (χ0) is 19.5. The van der Waals surface area contributed by atoms with E-state index in [0.717, 1.165) is 21.7 Å². The minimum absolute atomic E-state index is 0.228. The van der Waals surface area contributed by atoms with Crippen molar-refractivity contribution in [2.75, 3.05) is 17.1 Å². The van der Waals surface area contributed by atoms with Gasteiger partial charge in [-0.2, -0.15) is 0 Å². The average molecular weight is 395 g/mol. The zero-order valence-corrected chi connectivity index (χ0v) is 16.9. The van der Waals surface area contributed by atoms with E-state index in [9.17, 15) is 13.2 Å². The third-order valence-corrected chi connectivity index (χ3v) is 5.60. The predicted molar refractivity (Wildman–Crippen MR) is 106 cm³/mol. The normalized spacial score (nSPS) is 12.5. The number of benzene rings is 2. The molecular formula is C19H23ClN2O3S. The number of carbonyl (C=O) groups excluding carboxylic acids is 1. The molecule has 0 radical (unpaired) electrons. The Morgan fingerprint density at radius 3 is 2.27 bits per heavy atom. The number of nitrogens with zero attached hydrogens (tertiary/aromatic N) is 1. The highest BCUT2D eigenvalue weighted by Crippen LogP contribution is 2.21. The number of nitrogens with one attached hydrogen (secondary N) is 1. The van der Waals surface area contributed by atoms with Gasteiger partial charge >= 0.3 is 0 Å². The van der Waals surface area contributed by atoms with E-state index in [4.69, 9.17) is 11.6 Å². The number of sulfonamides is 1. The number of aryl methyl sites for hydroxylation is 2. The number of amides is 1. The van der Waals surface area contributed by atoms with Gasteiger partial charge in [-0.05, 0) is 61.7 Å². The molecule has 1 N–H and O–H groups in total. The van der Waals surface area contributed by atoms with Crippen LogP contribution in [0.3, 0.4) is 0 Å². The van der Waals surface area contributed by atoms with E-state index in [2.05, 4.69) is 5.32 Å². The molecule has 26 heavy (non-hydrogen) atoms. The summed E-state index contributed by atoms with van der Waals surface area (Å²) in [6.07, 6.45) is 1.07. The Balaban J connectivity index is 2.14. The smallest absolute Gasteiger partial charge is 0.241 e. The van der Waals surface area contributed by atoms with E-state index < -0.39 is 10.0 Å². The zero-order valence-electron chi connectivity index (χ0n) is 15.3. The molecule has 7 heteroatoms. The monoisotopic (exact) mass is 394 g/mol. The van der Waals surface area contributed by atoms with E-state index in [-0.39, 0.29) is 18.5 Å². The van der Waals surface area contributed by atoms with Crippen LogP contribution in [-0.2, 0) is 14.8 Å². The van der Waals surface area contributed by atoms with Crippen molar-refractivity contribution in [3.8, 4) is 0 Å². The molecule has 0 unspecified atom stereocenters. The van der Waals surface area contributed by atoms with Gasteiger partial charge in [-0.3, -0.25) is 9.10 Å². The molecule has 0 aliphatic rings.